The molecule has 6 nitrogen and oxygen atoms in total. The van der Waals surface area contributed by atoms with Gasteiger partial charge < -0.3 is 5.11 Å². The molecule has 0 radical (unpaired) electrons. The van der Waals surface area contributed by atoms with Crippen LogP contribution in [-0.2, 0) is 6.54 Å². The second-order valence-electron chi connectivity index (χ2n) is 4.53. The first-order chi connectivity index (χ1) is 10.1. The Kier molecular flexibility index (Phi) is 3.26. The number of carbonyl (C=O) groups is 1. The maximum absolute atomic E-state index is 12.3. The Balaban J connectivity index is 2.12. The molecule has 0 saturated carbocycles. The Labute approximate surface area is 123 Å². The summed E-state index contributed by atoms with van der Waals surface area (Å²) in [5.41, 5.74) is 2.19. The molecule has 0 bridgehead atoms. The van der Waals surface area contributed by atoms with Gasteiger partial charge in [-0.2, -0.15) is 0 Å². The summed E-state index contributed by atoms with van der Waals surface area (Å²) in [6, 6.07) is 7.34. The van der Waals surface area contributed by atoms with Gasteiger partial charge in [0.05, 0.1) is 23.3 Å². The highest BCUT2D eigenvalue weighted by atomic mass is 32.1. The number of rotatable bonds is 3. The Morgan fingerprint density at radius 2 is 2.10 bits per heavy atom. The summed E-state index contributed by atoms with van der Waals surface area (Å²) in [5.74, 6) is -1.06. The number of para-hydroxylation sites is 2. The van der Waals surface area contributed by atoms with Crippen LogP contribution in [0.1, 0.15) is 21.2 Å². The molecule has 0 aliphatic rings. The lowest BCUT2D eigenvalue weighted by atomic mass is 10.2. The normalized spacial score (nSPS) is 10.9. The van der Waals surface area contributed by atoms with Crippen LogP contribution in [-0.4, -0.2) is 25.6 Å². The lowest BCUT2D eigenvalue weighted by Crippen LogP contribution is -2.24. The molecule has 0 spiro atoms. The molecule has 3 rings (SSSR count). The SMILES string of the molecule is Cc1nc2ccccc2n(Cc2csc(C(=O)O)n2)c1=O. The highest BCUT2D eigenvalue weighted by Gasteiger charge is 2.12. The Morgan fingerprint density at radius 3 is 2.81 bits per heavy atom. The third-order valence-corrected chi connectivity index (χ3v) is 3.95. The van der Waals surface area contributed by atoms with Gasteiger partial charge in [0.2, 0.25) is 5.01 Å². The van der Waals surface area contributed by atoms with E-state index in [0.29, 0.717) is 16.9 Å². The first kappa shape index (κ1) is 13.4. The number of thiazole rings is 1. The zero-order valence-corrected chi connectivity index (χ0v) is 11.9. The maximum atomic E-state index is 12.3. The second kappa shape index (κ2) is 5.10. The van der Waals surface area contributed by atoms with Gasteiger partial charge in [0, 0.05) is 5.38 Å². The van der Waals surface area contributed by atoms with E-state index in [1.807, 2.05) is 24.3 Å². The third-order valence-electron chi connectivity index (χ3n) is 3.07. The van der Waals surface area contributed by atoms with Crippen molar-refractivity contribution in [1.82, 2.24) is 14.5 Å². The molecular formula is C14H11N3O3S. The van der Waals surface area contributed by atoms with Gasteiger partial charge in [0.1, 0.15) is 5.69 Å². The Bertz CT molecular complexity index is 898. The minimum atomic E-state index is -1.06. The molecular weight excluding hydrogens is 290 g/mol. The number of hydrogen-bond donors (Lipinski definition) is 1. The first-order valence-corrected chi connectivity index (χ1v) is 7.08. The molecule has 2 aromatic heterocycles. The molecule has 0 atom stereocenters. The molecule has 0 saturated heterocycles. The van der Waals surface area contributed by atoms with Crippen LogP contribution in [0.2, 0.25) is 0 Å². The topological polar surface area (TPSA) is 85.1 Å². The molecule has 0 aliphatic carbocycles. The van der Waals surface area contributed by atoms with Crippen LogP contribution in [0.25, 0.3) is 11.0 Å². The van der Waals surface area contributed by atoms with E-state index in [4.69, 9.17) is 5.11 Å². The number of carboxylic acid groups (broad SMARTS) is 1. The molecule has 3 aromatic rings. The molecule has 7 heteroatoms. The van der Waals surface area contributed by atoms with Crippen molar-refractivity contribution in [2.45, 2.75) is 13.5 Å². The van der Waals surface area contributed by atoms with Crippen molar-refractivity contribution in [2.75, 3.05) is 0 Å². The van der Waals surface area contributed by atoms with E-state index in [1.165, 1.54) is 0 Å². The zero-order valence-electron chi connectivity index (χ0n) is 11.1. The van der Waals surface area contributed by atoms with Gasteiger partial charge in [-0.15, -0.1) is 11.3 Å². The second-order valence-corrected chi connectivity index (χ2v) is 5.38. The van der Waals surface area contributed by atoms with Crippen molar-refractivity contribution >= 4 is 28.3 Å². The predicted molar refractivity (Wildman–Crippen MR) is 78.9 cm³/mol. The average Bonchev–Trinajstić information content (AvgIpc) is 2.93. The van der Waals surface area contributed by atoms with E-state index in [0.717, 1.165) is 16.9 Å². The molecule has 1 N–H and O–H groups in total. The fraction of sp³-hybridized carbons (Fsp3) is 0.143. The number of carboxylic acids is 1. The smallest absolute Gasteiger partial charge is 0.365 e. The molecule has 21 heavy (non-hydrogen) atoms. The fourth-order valence-electron chi connectivity index (χ4n) is 2.12. The van der Waals surface area contributed by atoms with E-state index in [9.17, 15) is 9.59 Å². The zero-order chi connectivity index (χ0) is 15.0. The molecule has 0 unspecified atom stereocenters. The Hall–Kier alpha value is -2.54. The summed E-state index contributed by atoms with van der Waals surface area (Å²) < 4.78 is 1.57. The number of fused-ring (bicyclic) bond motifs is 1. The van der Waals surface area contributed by atoms with Crippen LogP contribution in [0.15, 0.2) is 34.4 Å². The monoisotopic (exact) mass is 301 g/mol. The number of aromatic nitrogens is 3. The standard InChI is InChI=1S/C14H11N3O3S/c1-8-13(18)17(11-5-3-2-4-10(11)15-8)6-9-7-21-12(16-9)14(19)20/h2-5,7H,6H2,1H3,(H,19,20). The van der Waals surface area contributed by atoms with Gasteiger partial charge in [-0.05, 0) is 19.1 Å². The van der Waals surface area contributed by atoms with Gasteiger partial charge in [-0.3, -0.25) is 9.36 Å². The summed E-state index contributed by atoms with van der Waals surface area (Å²) in [7, 11) is 0. The summed E-state index contributed by atoms with van der Waals surface area (Å²) in [6.07, 6.45) is 0. The first-order valence-electron chi connectivity index (χ1n) is 6.20. The summed E-state index contributed by atoms with van der Waals surface area (Å²) in [6.45, 7) is 1.89. The largest absolute Gasteiger partial charge is 0.476 e. The molecule has 2 heterocycles. The van der Waals surface area contributed by atoms with E-state index < -0.39 is 5.97 Å². The van der Waals surface area contributed by atoms with Crippen LogP contribution < -0.4 is 5.56 Å². The van der Waals surface area contributed by atoms with Crippen LogP contribution >= 0.6 is 11.3 Å². The number of hydrogen-bond acceptors (Lipinski definition) is 5. The minimum Gasteiger partial charge on any atom is -0.476 e. The summed E-state index contributed by atoms with van der Waals surface area (Å²) in [4.78, 5) is 31.4. The number of benzene rings is 1. The van der Waals surface area contributed by atoms with Gasteiger partial charge >= 0.3 is 5.97 Å². The molecule has 0 fully saturated rings. The van der Waals surface area contributed by atoms with Crippen LogP contribution in [0.5, 0.6) is 0 Å². The van der Waals surface area contributed by atoms with Crippen LogP contribution in [0.3, 0.4) is 0 Å². The number of aryl methyl sites for hydroxylation is 1. The summed E-state index contributed by atoms with van der Waals surface area (Å²) >= 11 is 1.05. The van der Waals surface area contributed by atoms with E-state index in [1.54, 1.807) is 16.9 Å². The predicted octanol–water partition coefficient (Wildman–Crippen LogP) is 1.91. The number of nitrogens with zero attached hydrogens (tertiary/aromatic N) is 3. The van der Waals surface area contributed by atoms with E-state index in [-0.39, 0.29) is 17.1 Å². The van der Waals surface area contributed by atoms with Crippen LogP contribution in [0.4, 0.5) is 0 Å². The van der Waals surface area contributed by atoms with E-state index in [2.05, 4.69) is 9.97 Å². The molecule has 0 aliphatic heterocycles. The Morgan fingerprint density at radius 1 is 1.33 bits per heavy atom. The fourth-order valence-corrected chi connectivity index (χ4v) is 2.76. The lowest BCUT2D eigenvalue weighted by Gasteiger charge is -2.09. The van der Waals surface area contributed by atoms with E-state index >= 15 is 0 Å². The average molecular weight is 301 g/mol. The quantitative estimate of drug-likeness (QED) is 0.798. The van der Waals surface area contributed by atoms with Crippen molar-refractivity contribution in [3.05, 3.63) is 56.4 Å². The molecule has 106 valence electrons. The molecule has 1 aromatic carbocycles. The van der Waals surface area contributed by atoms with Gasteiger partial charge in [-0.1, -0.05) is 12.1 Å². The maximum Gasteiger partial charge on any atom is 0.365 e. The van der Waals surface area contributed by atoms with Crippen molar-refractivity contribution in [3.63, 3.8) is 0 Å². The molecule has 0 amide bonds. The van der Waals surface area contributed by atoms with Crippen molar-refractivity contribution < 1.29 is 9.90 Å². The van der Waals surface area contributed by atoms with Gasteiger partial charge in [-0.25, -0.2) is 14.8 Å². The third kappa shape index (κ3) is 2.43. The van der Waals surface area contributed by atoms with Gasteiger partial charge in [0.15, 0.2) is 0 Å². The van der Waals surface area contributed by atoms with Crippen molar-refractivity contribution in [3.8, 4) is 0 Å². The van der Waals surface area contributed by atoms with Crippen molar-refractivity contribution in [2.24, 2.45) is 0 Å². The highest BCUT2D eigenvalue weighted by molar-refractivity contribution is 7.11. The lowest BCUT2D eigenvalue weighted by molar-refractivity contribution is 0.0696. The van der Waals surface area contributed by atoms with Crippen molar-refractivity contribution in [1.29, 1.82) is 0 Å². The van der Waals surface area contributed by atoms with Crippen LogP contribution in [0, 0.1) is 6.92 Å². The van der Waals surface area contributed by atoms with Gasteiger partial charge in [0.25, 0.3) is 5.56 Å². The number of aromatic carboxylic acids is 1. The highest BCUT2D eigenvalue weighted by Crippen LogP contribution is 2.14. The minimum absolute atomic E-state index is 0.0214. The summed E-state index contributed by atoms with van der Waals surface area (Å²) in [5, 5.41) is 10.6.